The van der Waals surface area contributed by atoms with E-state index in [9.17, 15) is 0 Å². The molecule has 0 bridgehead atoms. The van der Waals surface area contributed by atoms with Crippen molar-refractivity contribution in [1.29, 1.82) is 0 Å². The maximum atomic E-state index is 4.60. The Bertz CT molecular complexity index is 1240. The minimum absolute atomic E-state index is 0.348. The van der Waals surface area contributed by atoms with Crippen LogP contribution in [0.5, 0.6) is 0 Å². The molecule has 0 unspecified atom stereocenters. The smallest absolute Gasteiger partial charge is 0.0416 e. The summed E-state index contributed by atoms with van der Waals surface area (Å²) in [5.41, 5.74) is 5.91. The molecule has 5 aromatic rings. The van der Waals surface area contributed by atoms with Crippen molar-refractivity contribution in [2.24, 2.45) is 0 Å². The summed E-state index contributed by atoms with van der Waals surface area (Å²) >= 11 is 0. The Kier molecular flexibility index (Phi) is 11.9. The van der Waals surface area contributed by atoms with Gasteiger partial charge in [-0.15, -0.1) is 0 Å². The summed E-state index contributed by atoms with van der Waals surface area (Å²) in [5.74, 6) is 0.348. The molecule has 0 atom stereocenters. The Morgan fingerprint density at radius 2 is 0.721 bits per heavy atom. The van der Waals surface area contributed by atoms with Gasteiger partial charge in [0, 0.05) is 118 Å². The van der Waals surface area contributed by atoms with Gasteiger partial charge in [-0.25, -0.2) is 0 Å². The molecule has 5 rings (SSSR count). The SMILES string of the molecule is c1ccc(C(CN(CCc2ccccn2)CCc2ccccn2)CN(CCc2ccccn2)CCc2ccccn2)cc1. The number of aromatic nitrogens is 4. The second kappa shape index (κ2) is 17.0. The highest BCUT2D eigenvalue weighted by molar-refractivity contribution is 5.21. The van der Waals surface area contributed by atoms with E-state index < -0.39 is 0 Å². The lowest BCUT2D eigenvalue weighted by atomic mass is 9.97. The monoisotopic (exact) mass is 570 g/mol. The standard InChI is InChI=1S/C37H42N6/c1-2-12-32(13-3-1)33(30-42(26-18-34-14-4-8-22-38-34)27-19-35-15-5-9-23-39-35)31-43(28-20-36-16-6-10-24-40-36)29-21-37-17-7-11-25-41-37/h1-17,22-25,33H,18-21,26-31H2. The number of benzene rings is 1. The molecule has 0 amide bonds. The second-order valence-electron chi connectivity index (χ2n) is 11.0. The fourth-order valence-corrected chi connectivity index (χ4v) is 5.48. The molecule has 4 aromatic heterocycles. The van der Waals surface area contributed by atoms with Crippen LogP contribution in [-0.2, 0) is 25.7 Å². The number of hydrogen-bond donors (Lipinski definition) is 0. The van der Waals surface area contributed by atoms with E-state index >= 15 is 0 Å². The summed E-state index contributed by atoms with van der Waals surface area (Å²) in [4.78, 5) is 23.6. The van der Waals surface area contributed by atoms with Gasteiger partial charge >= 0.3 is 0 Å². The zero-order valence-electron chi connectivity index (χ0n) is 25.0. The van der Waals surface area contributed by atoms with Crippen molar-refractivity contribution < 1.29 is 0 Å². The minimum Gasteiger partial charge on any atom is -0.302 e. The van der Waals surface area contributed by atoms with Crippen LogP contribution in [0.1, 0.15) is 34.3 Å². The number of rotatable bonds is 17. The van der Waals surface area contributed by atoms with Crippen molar-refractivity contribution in [1.82, 2.24) is 29.7 Å². The van der Waals surface area contributed by atoms with Crippen LogP contribution in [0.15, 0.2) is 128 Å². The van der Waals surface area contributed by atoms with E-state index in [1.54, 1.807) is 0 Å². The predicted molar refractivity (Wildman–Crippen MR) is 174 cm³/mol. The van der Waals surface area contributed by atoms with Crippen molar-refractivity contribution in [3.05, 3.63) is 156 Å². The van der Waals surface area contributed by atoms with E-state index in [0.29, 0.717) is 5.92 Å². The van der Waals surface area contributed by atoms with E-state index in [1.165, 1.54) is 5.56 Å². The van der Waals surface area contributed by atoms with Gasteiger partial charge in [0.1, 0.15) is 0 Å². The van der Waals surface area contributed by atoms with Crippen LogP contribution in [0, 0.1) is 0 Å². The van der Waals surface area contributed by atoms with Crippen molar-refractivity contribution >= 4 is 0 Å². The molecule has 0 aliphatic rings. The quantitative estimate of drug-likeness (QED) is 0.138. The molecular weight excluding hydrogens is 528 g/mol. The van der Waals surface area contributed by atoms with Gasteiger partial charge in [0.2, 0.25) is 0 Å². The van der Waals surface area contributed by atoms with E-state index in [0.717, 1.165) is 87.7 Å². The number of hydrogen-bond acceptors (Lipinski definition) is 6. The van der Waals surface area contributed by atoms with Crippen molar-refractivity contribution in [3.63, 3.8) is 0 Å². The molecule has 4 heterocycles. The summed E-state index contributed by atoms with van der Waals surface area (Å²) in [6.45, 7) is 5.74. The lowest BCUT2D eigenvalue weighted by molar-refractivity contribution is 0.209. The van der Waals surface area contributed by atoms with Gasteiger partial charge in [-0.3, -0.25) is 19.9 Å². The zero-order chi connectivity index (χ0) is 29.4. The van der Waals surface area contributed by atoms with Gasteiger partial charge in [-0.1, -0.05) is 54.6 Å². The molecule has 0 aliphatic heterocycles. The van der Waals surface area contributed by atoms with Crippen LogP contribution in [0.2, 0.25) is 0 Å². The average Bonchev–Trinajstić information content (AvgIpc) is 3.08. The van der Waals surface area contributed by atoms with Gasteiger partial charge in [-0.2, -0.15) is 0 Å². The molecule has 6 heteroatoms. The summed E-state index contributed by atoms with van der Waals surface area (Å²) < 4.78 is 0. The second-order valence-corrected chi connectivity index (χ2v) is 11.0. The topological polar surface area (TPSA) is 58.0 Å². The third-order valence-electron chi connectivity index (χ3n) is 7.87. The first-order chi connectivity index (χ1) is 21.3. The molecule has 220 valence electrons. The molecule has 0 saturated carbocycles. The first kappa shape index (κ1) is 30.2. The Morgan fingerprint density at radius 3 is 1.02 bits per heavy atom. The normalized spacial score (nSPS) is 11.4. The molecule has 0 spiro atoms. The lowest BCUT2D eigenvalue weighted by Crippen LogP contribution is -2.39. The highest BCUT2D eigenvalue weighted by Crippen LogP contribution is 2.20. The molecule has 6 nitrogen and oxygen atoms in total. The van der Waals surface area contributed by atoms with Crippen LogP contribution in [0.3, 0.4) is 0 Å². The zero-order valence-corrected chi connectivity index (χ0v) is 25.0. The van der Waals surface area contributed by atoms with E-state index in [4.69, 9.17) is 0 Å². The van der Waals surface area contributed by atoms with E-state index in [2.05, 4.69) is 109 Å². The van der Waals surface area contributed by atoms with Crippen LogP contribution >= 0.6 is 0 Å². The summed E-state index contributed by atoms with van der Waals surface area (Å²) in [6.07, 6.45) is 11.3. The molecular formula is C37H42N6. The third kappa shape index (κ3) is 10.5. The fourth-order valence-electron chi connectivity index (χ4n) is 5.48. The molecule has 1 aromatic carbocycles. The Hall–Kier alpha value is -4.26. The maximum Gasteiger partial charge on any atom is 0.0416 e. The Morgan fingerprint density at radius 1 is 0.395 bits per heavy atom. The van der Waals surface area contributed by atoms with Crippen LogP contribution in [0.25, 0.3) is 0 Å². The van der Waals surface area contributed by atoms with Crippen LogP contribution in [-0.4, -0.2) is 69.0 Å². The van der Waals surface area contributed by atoms with Gasteiger partial charge in [0.15, 0.2) is 0 Å². The molecule has 0 fully saturated rings. The van der Waals surface area contributed by atoms with Gasteiger partial charge in [-0.05, 0) is 54.1 Å². The minimum atomic E-state index is 0.348. The largest absolute Gasteiger partial charge is 0.302 e. The van der Waals surface area contributed by atoms with Gasteiger partial charge in [0.05, 0.1) is 0 Å². The highest BCUT2D eigenvalue weighted by atomic mass is 15.2. The predicted octanol–water partition coefficient (Wildman–Crippen LogP) is 5.93. The van der Waals surface area contributed by atoms with Crippen molar-refractivity contribution in [2.45, 2.75) is 31.6 Å². The van der Waals surface area contributed by atoms with Crippen LogP contribution in [0.4, 0.5) is 0 Å². The first-order valence-corrected chi connectivity index (χ1v) is 15.4. The summed E-state index contributed by atoms with van der Waals surface area (Å²) in [5, 5.41) is 0. The Labute approximate surface area is 256 Å². The lowest BCUT2D eigenvalue weighted by Gasteiger charge is -2.32. The maximum absolute atomic E-state index is 4.60. The highest BCUT2D eigenvalue weighted by Gasteiger charge is 2.21. The van der Waals surface area contributed by atoms with Gasteiger partial charge < -0.3 is 9.80 Å². The van der Waals surface area contributed by atoms with E-state index in [-0.39, 0.29) is 0 Å². The summed E-state index contributed by atoms with van der Waals surface area (Å²) in [7, 11) is 0. The van der Waals surface area contributed by atoms with Crippen molar-refractivity contribution in [2.75, 3.05) is 39.3 Å². The van der Waals surface area contributed by atoms with E-state index in [1.807, 2.05) is 49.1 Å². The number of nitrogens with zero attached hydrogens (tertiary/aromatic N) is 6. The average molecular weight is 571 g/mol. The molecule has 0 N–H and O–H groups in total. The number of pyridine rings is 4. The Balaban J connectivity index is 1.34. The first-order valence-electron chi connectivity index (χ1n) is 15.4. The van der Waals surface area contributed by atoms with Crippen molar-refractivity contribution in [3.8, 4) is 0 Å². The molecule has 43 heavy (non-hydrogen) atoms. The molecule has 0 saturated heterocycles. The fraction of sp³-hybridized carbons (Fsp3) is 0.297. The third-order valence-corrected chi connectivity index (χ3v) is 7.87. The van der Waals surface area contributed by atoms with Crippen LogP contribution < -0.4 is 0 Å². The molecule has 0 radical (unpaired) electrons. The van der Waals surface area contributed by atoms with Gasteiger partial charge in [0.25, 0.3) is 0 Å². The summed E-state index contributed by atoms with van der Waals surface area (Å²) in [6, 6.07) is 35.8. The molecule has 0 aliphatic carbocycles.